The molecule has 0 unspecified atom stereocenters. The molecule has 1 aromatic rings. The van der Waals surface area contributed by atoms with Crippen molar-refractivity contribution >= 4 is 12.0 Å². The second-order valence-corrected chi connectivity index (χ2v) is 4.66. The molecule has 1 atom stereocenters. The van der Waals surface area contributed by atoms with Crippen LogP contribution in [0, 0.1) is 5.92 Å². The molecule has 2 heterocycles. The number of rotatable bonds is 4. The number of amides is 2. The van der Waals surface area contributed by atoms with Crippen LogP contribution in [0.2, 0.25) is 0 Å². The van der Waals surface area contributed by atoms with Crippen molar-refractivity contribution in [2.45, 2.75) is 19.4 Å². The fraction of sp³-hybridized carbons (Fsp3) is 0.583. The number of carboxylic acids is 1. The van der Waals surface area contributed by atoms with Gasteiger partial charge in [0, 0.05) is 38.6 Å². The molecular formula is C12H18N4O3. The number of nitrogens with zero attached hydrogens (tertiary/aromatic N) is 3. The minimum Gasteiger partial charge on any atom is -0.481 e. The van der Waals surface area contributed by atoms with Crippen molar-refractivity contribution in [3.8, 4) is 0 Å². The van der Waals surface area contributed by atoms with E-state index in [4.69, 9.17) is 5.11 Å². The van der Waals surface area contributed by atoms with E-state index in [1.165, 1.54) is 0 Å². The average Bonchev–Trinajstić information content (AvgIpc) is 2.92. The van der Waals surface area contributed by atoms with Crippen LogP contribution in [0.25, 0.3) is 0 Å². The fourth-order valence-electron chi connectivity index (χ4n) is 2.19. The molecule has 0 radical (unpaired) electrons. The van der Waals surface area contributed by atoms with Gasteiger partial charge in [-0.2, -0.15) is 0 Å². The van der Waals surface area contributed by atoms with Gasteiger partial charge in [0.05, 0.1) is 12.2 Å². The van der Waals surface area contributed by atoms with Crippen molar-refractivity contribution in [2.24, 2.45) is 5.92 Å². The molecule has 2 N–H and O–H groups in total. The molecular weight excluding hydrogens is 248 g/mol. The van der Waals surface area contributed by atoms with Crippen LogP contribution in [0.5, 0.6) is 0 Å². The first-order valence-corrected chi connectivity index (χ1v) is 6.38. The highest BCUT2D eigenvalue weighted by atomic mass is 16.4. The standard InChI is InChI=1S/C12H18N4O3/c17-11(18)10-2-1-5-16(8-10)12(19)14-4-7-15-6-3-13-9-15/h3,6,9-10H,1-2,4-5,7-8H2,(H,14,19)(H,17,18)/t10-/m0/s1. The van der Waals surface area contributed by atoms with Gasteiger partial charge in [-0.1, -0.05) is 0 Å². The first-order valence-electron chi connectivity index (χ1n) is 6.38. The van der Waals surface area contributed by atoms with Gasteiger partial charge in [0.2, 0.25) is 0 Å². The Labute approximate surface area is 111 Å². The minimum absolute atomic E-state index is 0.189. The van der Waals surface area contributed by atoms with Gasteiger partial charge in [0.1, 0.15) is 0 Å². The highest BCUT2D eigenvalue weighted by Gasteiger charge is 2.27. The molecule has 0 spiro atoms. The van der Waals surface area contributed by atoms with E-state index in [1.807, 2.05) is 10.8 Å². The molecule has 2 rings (SSSR count). The highest BCUT2D eigenvalue weighted by molar-refractivity contribution is 5.76. The summed E-state index contributed by atoms with van der Waals surface area (Å²) in [6, 6.07) is -0.189. The number of imidazole rings is 1. The van der Waals surface area contributed by atoms with Crippen molar-refractivity contribution in [2.75, 3.05) is 19.6 Å². The lowest BCUT2D eigenvalue weighted by atomic mass is 9.99. The van der Waals surface area contributed by atoms with Crippen molar-refractivity contribution in [1.29, 1.82) is 0 Å². The second kappa shape index (κ2) is 6.21. The lowest BCUT2D eigenvalue weighted by Gasteiger charge is -2.30. The average molecular weight is 266 g/mol. The topological polar surface area (TPSA) is 87.5 Å². The summed E-state index contributed by atoms with van der Waals surface area (Å²) in [6.07, 6.45) is 6.59. The number of piperidine rings is 1. The summed E-state index contributed by atoms with van der Waals surface area (Å²) in [5.41, 5.74) is 0. The number of hydrogen-bond acceptors (Lipinski definition) is 3. The number of nitrogens with one attached hydrogen (secondary N) is 1. The number of likely N-dealkylation sites (tertiary alicyclic amines) is 1. The molecule has 104 valence electrons. The summed E-state index contributed by atoms with van der Waals surface area (Å²) >= 11 is 0. The molecule has 1 aliphatic heterocycles. The number of carbonyl (C=O) groups excluding carboxylic acids is 1. The summed E-state index contributed by atoms with van der Waals surface area (Å²) in [6.45, 7) is 2.08. The summed E-state index contributed by atoms with van der Waals surface area (Å²) in [7, 11) is 0. The Morgan fingerprint density at radius 2 is 2.32 bits per heavy atom. The summed E-state index contributed by atoms with van der Waals surface area (Å²) in [5, 5.41) is 11.8. The first-order chi connectivity index (χ1) is 9.16. The minimum atomic E-state index is -0.823. The third-order valence-corrected chi connectivity index (χ3v) is 3.26. The van der Waals surface area contributed by atoms with E-state index in [1.54, 1.807) is 17.4 Å². The third-order valence-electron chi connectivity index (χ3n) is 3.26. The molecule has 0 aliphatic carbocycles. The molecule has 1 saturated heterocycles. The van der Waals surface area contributed by atoms with Crippen molar-refractivity contribution < 1.29 is 14.7 Å². The number of carboxylic acid groups (broad SMARTS) is 1. The Kier molecular flexibility index (Phi) is 4.38. The zero-order valence-corrected chi connectivity index (χ0v) is 10.7. The molecule has 1 aromatic heterocycles. The Hall–Kier alpha value is -2.05. The normalized spacial score (nSPS) is 19.2. The Balaban J connectivity index is 1.74. The van der Waals surface area contributed by atoms with E-state index in [0.29, 0.717) is 32.6 Å². The molecule has 0 bridgehead atoms. The summed E-state index contributed by atoms with van der Waals surface area (Å²) in [4.78, 5) is 28.3. The SMILES string of the molecule is O=C(O)[C@H]1CCCN(C(=O)NCCn2ccnc2)C1. The quantitative estimate of drug-likeness (QED) is 0.825. The van der Waals surface area contributed by atoms with Gasteiger partial charge < -0.3 is 19.9 Å². The lowest BCUT2D eigenvalue weighted by molar-refractivity contribution is -0.143. The van der Waals surface area contributed by atoms with Crippen LogP contribution in [0.1, 0.15) is 12.8 Å². The van der Waals surface area contributed by atoms with Gasteiger partial charge in [0.15, 0.2) is 0 Å². The maximum absolute atomic E-state index is 11.9. The smallest absolute Gasteiger partial charge is 0.317 e. The Morgan fingerprint density at radius 3 is 3.00 bits per heavy atom. The Bertz CT molecular complexity index is 432. The van der Waals surface area contributed by atoms with Crippen LogP contribution >= 0.6 is 0 Å². The van der Waals surface area contributed by atoms with Crippen LogP contribution in [0.15, 0.2) is 18.7 Å². The van der Waals surface area contributed by atoms with Crippen LogP contribution < -0.4 is 5.32 Å². The summed E-state index contributed by atoms with van der Waals surface area (Å²) in [5.74, 6) is -1.26. The van der Waals surface area contributed by atoms with Crippen molar-refractivity contribution in [3.05, 3.63) is 18.7 Å². The van der Waals surface area contributed by atoms with Crippen LogP contribution in [-0.4, -0.2) is 51.2 Å². The van der Waals surface area contributed by atoms with Gasteiger partial charge in [-0.15, -0.1) is 0 Å². The second-order valence-electron chi connectivity index (χ2n) is 4.66. The number of carbonyl (C=O) groups is 2. The van der Waals surface area contributed by atoms with E-state index in [0.717, 1.165) is 6.42 Å². The molecule has 0 aromatic carbocycles. The number of urea groups is 1. The molecule has 7 nitrogen and oxygen atoms in total. The van der Waals surface area contributed by atoms with Gasteiger partial charge in [0.25, 0.3) is 0 Å². The largest absolute Gasteiger partial charge is 0.481 e. The zero-order chi connectivity index (χ0) is 13.7. The number of aliphatic carboxylic acids is 1. The first kappa shape index (κ1) is 13.4. The van der Waals surface area contributed by atoms with Crippen LogP contribution in [0.3, 0.4) is 0 Å². The molecule has 1 fully saturated rings. The number of aromatic nitrogens is 2. The summed E-state index contributed by atoms with van der Waals surface area (Å²) < 4.78 is 1.87. The van der Waals surface area contributed by atoms with Gasteiger partial charge >= 0.3 is 12.0 Å². The third kappa shape index (κ3) is 3.70. The molecule has 19 heavy (non-hydrogen) atoms. The maximum atomic E-state index is 11.9. The van der Waals surface area contributed by atoms with E-state index >= 15 is 0 Å². The van der Waals surface area contributed by atoms with E-state index < -0.39 is 11.9 Å². The molecule has 2 amide bonds. The lowest BCUT2D eigenvalue weighted by Crippen LogP contribution is -2.47. The van der Waals surface area contributed by atoms with Gasteiger partial charge in [-0.3, -0.25) is 4.79 Å². The van der Waals surface area contributed by atoms with Crippen LogP contribution in [-0.2, 0) is 11.3 Å². The molecule has 7 heteroatoms. The predicted molar refractivity (Wildman–Crippen MR) is 67.6 cm³/mol. The van der Waals surface area contributed by atoms with Gasteiger partial charge in [-0.05, 0) is 12.8 Å². The molecule has 0 saturated carbocycles. The van der Waals surface area contributed by atoms with E-state index in [2.05, 4.69) is 10.3 Å². The van der Waals surface area contributed by atoms with Crippen molar-refractivity contribution in [3.63, 3.8) is 0 Å². The van der Waals surface area contributed by atoms with Crippen molar-refractivity contribution in [1.82, 2.24) is 19.8 Å². The fourth-order valence-corrected chi connectivity index (χ4v) is 2.19. The monoisotopic (exact) mass is 266 g/mol. The predicted octanol–water partition coefficient (Wildman–Crippen LogP) is 0.389. The molecule has 1 aliphatic rings. The Morgan fingerprint density at radius 1 is 1.47 bits per heavy atom. The number of hydrogen-bond donors (Lipinski definition) is 2. The highest BCUT2D eigenvalue weighted by Crippen LogP contribution is 2.16. The zero-order valence-electron chi connectivity index (χ0n) is 10.7. The van der Waals surface area contributed by atoms with E-state index in [9.17, 15) is 9.59 Å². The van der Waals surface area contributed by atoms with Gasteiger partial charge in [-0.25, -0.2) is 9.78 Å². The van der Waals surface area contributed by atoms with Crippen LogP contribution in [0.4, 0.5) is 4.79 Å². The maximum Gasteiger partial charge on any atom is 0.317 e. The van der Waals surface area contributed by atoms with E-state index in [-0.39, 0.29) is 6.03 Å².